The lowest BCUT2D eigenvalue weighted by Crippen LogP contribution is -1.88. The predicted molar refractivity (Wildman–Crippen MR) is 49.5 cm³/mol. The topological polar surface area (TPSA) is 20.2 Å². The number of hydrogen-bond acceptors (Lipinski definition) is 1. The van der Waals surface area contributed by atoms with E-state index >= 15 is 0 Å². The molecule has 0 aliphatic carbocycles. The Morgan fingerprint density at radius 1 is 1.36 bits per heavy atom. The molecule has 0 amide bonds. The van der Waals surface area contributed by atoms with Crippen LogP contribution in [0.3, 0.4) is 0 Å². The molecule has 0 aliphatic rings. The summed E-state index contributed by atoms with van der Waals surface area (Å²) in [6, 6.07) is 0. The molecule has 1 nitrogen and oxygen atoms in total. The van der Waals surface area contributed by atoms with E-state index in [-0.39, 0.29) is 6.61 Å². The number of rotatable bonds is 4. The third-order valence-corrected chi connectivity index (χ3v) is 1.63. The summed E-state index contributed by atoms with van der Waals surface area (Å²) in [7, 11) is 0. The summed E-state index contributed by atoms with van der Waals surface area (Å²) >= 11 is 0. The van der Waals surface area contributed by atoms with Crippen molar-refractivity contribution in [2.24, 2.45) is 0 Å². The van der Waals surface area contributed by atoms with Crippen LogP contribution in [0.2, 0.25) is 0 Å². The van der Waals surface area contributed by atoms with Gasteiger partial charge in [0, 0.05) is 0 Å². The maximum absolute atomic E-state index is 8.80. The van der Waals surface area contributed by atoms with Crippen LogP contribution in [0.25, 0.3) is 0 Å². The molecule has 1 N–H and O–H groups in total. The summed E-state index contributed by atoms with van der Waals surface area (Å²) < 4.78 is 0. The fourth-order valence-electron chi connectivity index (χ4n) is 0.861. The van der Waals surface area contributed by atoms with Gasteiger partial charge in [0.15, 0.2) is 0 Å². The first-order valence-corrected chi connectivity index (χ1v) is 4.09. The molecule has 0 aromatic heterocycles. The van der Waals surface area contributed by atoms with E-state index in [1.807, 2.05) is 13.0 Å². The summed E-state index contributed by atoms with van der Waals surface area (Å²) in [5.74, 6) is 0. The fraction of sp³-hybridized carbons (Fsp3) is 0.600. The number of allylic oxidation sites excluding steroid dienone is 3. The van der Waals surface area contributed by atoms with Crippen molar-refractivity contribution in [2.45, 2.75) is 33.6 Å². The molecule has 0 aliphatic heterocycles. The number of aliphatic hydroxyl groups is 1. The Morgan fingerprint density at radius 3 is 2.36 bits per heavy atom. The molecular formula is C10H18O. The van der Waals surface area contributed by atoms with Gasteiger partial charge >= 0.3 is 0 Å². The first-order chi connectivity index (χ1) is 5.20. The second kappa shape index (κ2) is 6.17. The Balaban J connectivity index is 3.61. The van der Waals surface area contributed by atoms with Crippen molar-refractivity contribution in [3.8, 4) is 0 Å². The maximum atomic E-state index is 8.80. The summed E-state index contributed by atoms with van der Waals surface area (Å²) in [5.41, 5.74) is 2.47. The average Bonchev–Trinajstić information content (AvgIpc) is 1.98. The van der Waals surface area contributed by atoms with Crippen LogP contribution in [-0.4, -0.2) is 11.7 Å². The zero-order chi connectivity index (χ0) is 8.69. The Kier molecular flexibility index (Phi) is 5.86. The highest BCUT2D eigenvalue weighted by molar-refractivity contribution is 5.03. The maximum Gasteiger partial charge on any atom is 0.0641 e. The molecule has 0 rings (SSSR count). The van der Waals surface area contributed by atoms with E-state index < -0.39 is 0 Å². The summed E-state index contributed by atoms with van der Waals surface area (Å²) in [4.78, 5) is 0. The van der Waals surface area contributed by atoms with Gasteiger partial charge in [-0.15, -0.1) is 0 Å². The van der Waals surface area contributed by atoms with Gasteiger partial charge in [0.05, 0.1) is 6.61 Å². The van der Waals surface area contributed by atoms with Crippen molar-refractivity contribution in [1.29, 1.82) is 0 Å². The lowest BCUT2D eigenvalue weighted by molar-refractivity contribution is 0.326. The molecule has 1 heteroatoms. The molecule has 64 valence electrons. The van der Waals surface area contributed by atoms with Gasteiger partial charge in [0.25, 0.3) is 0 Å². The number of hydrogen-bond donors (Lipinski definition) is 1. The third-order valence-electron chi connectivity index (χ3n) is 1.63. The van der Waals surface area contributed by atoms with Crippen molar-refractivity contribution in [3.63, 3.8) is 0 Å². The van der Waals surface area contributed by atoms with Crippen LogP contribution >= 0.6 is 0 Å². The minimum atomic E-state index is 0.201. The van der Waals surface area contributed by atoms with Gasteiger partial charge in [0.2, 0.25) is 0 Å². The van der Waals surface area contributed by atoms with E-state index in [9.17, 15) is 0 Å². The molecule has 0 bridgehead atoms. The van der Waals surface area contributed by atoms with Crippen molar-refractivity contribution < 1.29 is 5.11 Å². The first kappa shape index (κ1) is 10.4. The monoisotopic (exact) mass is 154 g/mol. The van der Waals surface area contributed by atoms with E-state index in [0.717, 1.165) is 18.4 Å². The van der Waals surface area contributed by atoms with Crippen molar-refractivity contribution in [2.75, 3.05) is 6.61 Å². The summed E-state index contributed by atoms with van der Waals surface area (Å²) in [5, 5.41) is 8.80. The molecule has 0 saturated heterocycles. The standard InChI is InChI=1S/C10H18O/c1-4-10(8-11)7-5-6-9(2)3/h4,6,11H,5,7-8H2,1-3H3/b10-4-. The quantitative estimate of drug-likeness (QED) is 0.617. The van der Waals surface area contributed by atoms with Crippen LogP contribution in [-0.2, 0) is 0 Å². The summed E-state index contributed by atoms with van der Waals surface area (Å²) in [6.45, 7) is 6.35. The van der Waals surface area contributed by atoms with Crippen molar-refractivity contribution in [1.82, 2.24) is 0 Å². The van der Waals surface area contributed by atoms with Crippen LogP contribution in [0.1, 0.15) is 33.6 Å². The van der Waals surface area contributed by atoms with Gasteiger partial charge in [0.1, 0.15) is 0 Å². The molecule has 11 heavy (non-hydrogen) atoms. The predicted octanol–water partition coefficient (Wildman–Crippen LogP) is 2.67. The van der Waals surface area contributed by atoms with Gasteiger partial charge in [-0.3, -0.25) is 0 Å². The molecule has 0 radical (unpaired) electrons. The van der Waals surface area contributed by atoms with E-state index in [4.69, 9.17) is 5.11 Å². The fourth-order valence-corrected chi connectivity index (χ4v) is 0.861. The molecule has 0 heterocycles. The minimum Gasteiger partial charge on any atom is -0.392 e. The van der Waals surface area contributed by atoms with Gasteiger partial charge in [-0.05, 0) is 39.2 Å². The first-order valence-electron chi connectivity index (χ1n) is 4.09. The third kappa shape index (κ3) is 5.86. The molecule has 0 aromatic rings. The Labute approximate surface area is 69.4 Å². The highest BCUT2D eigenvalue weighted by Gasteiger charge is 1.90. The molecule has 0 spiro atoms. The van der Waals surface area contributed by atoms with Crippen LogP contribution in [0.4, 0.5) is 0 Å². The van der Waals surface area contributed by atoms with Crippen LogP contribution < -0.4 is 0 Å². The zero-order valence-corrected chi connectivity index (χ0v) is 7.72. The Bertz CT molecular complexity index is 150. The average molecular weight is 154 g/mol. The summed E-state index contributed by atoms with van der Waals surface area (Å²) in [6.07, 6.45) is 6.21. The normalized spacial score (nSPS) is 11.5. The lowest BCUT2D eigenvalue weighted by Gasteiger charge is -1.99. The van der Waals surface area contributed by atoms with Crippen LogP contribution in [0, 0.1) is 0 Å². The SMILES string of the molecule is C/C=C(\CO)CCC=C(C)C. The largest absolute Gasteiger partial charge is 0.392 e. The second-order valence-electron chi connectivity index (χ2n) is 2.93. The lowest BCUT2D eigenvalue weighted by atomic mass is 10.1. The number of aliphatic hydroxyl groups excluding tert-OH is 1. The molecule has 0 fully saturated rings. The molecule has 0 unspecified atom stereocenters. The molecule has 0 atom stereocenters. The molecule has 0 aromatic carbocycles. The highest BCUT2D eigenvalue weighted by Crippen LogP contribution is 2.05. The van der Waals surface area contributed by atoms with Gasteiger partial charge in [-0.25, -0.2) is 0 Å². The van der Waals surface area contributed by atoms with Crippen molar-refractivity contribution >= 4 is 0 Å². The Morgan fingerprint density at radius 2 is 2.00 bits per heavy atom. The van der Waals surface area contributed by atoms with E-state index in [0.29, 0.717) is 0 Å². The van der Waals surface area contributed by atoms with E-state index in [1.54, 1.807) is 0 Å². The van der Waals surface area contributed by atoms with Gasteiger partial charge < -0.3 is 5.11 Å². The molecule has 0 saturated carbocycles. The molecular weight excluding hydrogens is 136 g/mol. The van der Waals surface area contributed by atoms with Crippen molar-refractivity contribution in [3.05, 3.63) is 23.3 Å². The van der Waals surface area contributed by atoms with Crippen LogP contribution in [0.15, 0.2) is 23.3 Å². The smallest absolute Gasteiger partial charge is 0.0641 e. The minimum absolute atomic E-state index is 0.201. The van der Waals surface area contributed by atoms with E-state index in [1.165, 1.54) is 5.57 Å². The van der Waals surface area contributed by atoms with Gasteiger partial charge in [-0.1, -0.05) is 17.7 Å². The highest BCUT2D eigenvalue weighted by atomic mass is 16.3. The Hall–Kier alpha value is -0.560. The second-order valence-corrected chi connectivity index (χ2v) is 2.93. The van der Waals surface area contributed by atoms with Crippen LogP contribution in [0.5, 0.6) is 0 Å². The van der Waals surface area contributed by atoms with Gasteiger partial charge in [-0.2, -0.15) is 0 Å². The zero-order valence-electron chi connectivity index (χ0n) is 7.72. The van der Waals surface area contributed by atoms with E-state index in [2.05, 4.69) is 19.9 Å².